The van der Waals surface area contributed by atoms with Crippen LogP contribution in [0.1, 0.15) is 26.7 Å². The second-order valence-electron chi connectivity index (χ2n) is 4.81. The highest BCUT2D eigenvalue weighted by atomic mass is 16.5. The van der Waals surface area contributed by atoms with Gasteiger partial charge in [-0.3, -0.25) is 4.90 Å². The van der Waals surface area contributed by atoms with Crippen LogP contribution in [0.15, 0.2) is 24.3 Å². The predicted molar refractivity (Wildman–Crippen MR) is 77.9 cm³/mol. The summed E-state index contributed by atoms with van der Waals surface area (Å²) in [6.07, 6.45) is 1.53. The van der Waals surface area contributed by atoms with Crippen LogP contribution in [0.2, 0.25) is 0 Å². The zero-order valence-corrected chi connectivity index (χ0v) is 11.8. The molecular weight excluding hydrogens is 238 g/mol. The third-order valence-electron chi connectivity index (χ3n) is 2.98. The average Bonchev–Trinajstić information content (AvgIpc) is 2.39. The average molecular weight is 261 g/mol. The third kappa shape index (κ3) is 6.12. The Kier molecular flexibility index (Phi) is 6.76. The van der Waals surface area contributed by atoms with Crippen LogP contribution >= 0.6 is 0 Å². The van der Waals surface area contributed by atoms with Crippen LogP contribution in [0, 0.1) is 11.3 Å². The molecule has 0 aliphatic rings. The van der Waals surface area contributed by atoms with Gasteiger partial charge in [-0.2, -0.15) is 5.26 Å². The SMILES string of the molecule is CC(C)N(CCC#N)CCCOc1ccc(N)cc1. The topological polar surface area (TPSA) is 62.3 Å². The molecule has 0 aromatic heterocycles. The molecule has 0 bridgehead atoms. The Morgan fingerprint density at radius 3 is 2.53 bits per heavy atom. The van der Waals surface area contributed by atoms with Gasteiger partial charge in [0.15, 0.2) is 0 Å². The number of nitriles is 1. The molecule has 0 amide bonds. The summed E-state index contributed by atoms with van der Waals surface area (Å²) in [4.78, 5) is 2.30. The maximum Gasteiger partial charge on any atom is 0.119 e. The zero-order valence-electron chi connectivity index (χ0n) is 11.8. The van der Waals surface area contributed by atoms with Gasteiger partial charge in [0.25, 0.3) is 0 Å². The van der Waals surface area contributed by atoms with Crippen LogP contribution in [-0.4, -0.2) is 30.6 Å². The number of nitrogens with zero attached hydrogens (tertiary/aromatic N) is 2. The Labute approximate surface area is 115 Å². The van der Waals surface area contributed by atoms with Gasteiger partial charge in [-0.25, -0.2) is 0 Å². The molecule has 19 heavy (non-hydrogen) atoms. The lowest BCUT2D eigenvalue weighted by Gasteiger charge is -2.25. The van der Waals surface area contributed by atoms with E-state index >= 15 is 0 Å². The van der Waals surface area contributed by atoms with E-state index in [1.807, 2.05) is 24.3 Å². The first-order chi connectivity index (χ1) is 9.13. The van der Waals surface area contributed by atoms with E-state index < -0.39 is 0 Å². The van der Waals surface area contributed by atoms with E-state index in [2.05, 4.69) is 24.8 Å². The highest BCUT2D eigenvalue weighted by molar-refractivity contribution is 5.41. The van der Waals surface area contributed by atoms with Crippen LogP contribution in [0.25, 0.3) is 0 Å². The summed E-state index contributed by atoms with van der Waals surface area (Å²) < 4.78 is 5.65. The second kappa shape index (κ2) is 8.39. The molecule has 0 aliphatic carbocycles. The van der Waals surface area contributed by atoms with E-state index in [1.165, 1.54) is 0 Å². The summed E-state index contributed by atoms with van der Waals surface area (Å²) in [6, 6.07) is 10.1. The lowest BCUT2D eigenvalue weighted by atomic mass is 10.2. The van der Waals surface area contributed by atoms with Crippen molar-refractivity contribution in [3.8, 4) is 11.8 Å². The van der Waals surface area contributed by atoms with Crippen molar-refractivity contribution in [2.45, 2.75) is 32.7 Å². The maximum atomic E-state index is 8.63. The highest BCUT2D eigenvalue weighted by Crippen LogP contribution is 2.13. The van der Waals surface area contributed by atoms with Crippen molar-refractivity contribution in [2.75, 3.05) is 25.4 Å². The van der Waals surface area contributed by atoms with Gasteiger partial charge in [0.05, 0.1) is 12.7 Å². The minimum atomic E-state index is 0.463. The normalized spacial score (nSPS) is 10.7. The van der Waals surface area contributed by atoms with Gasteiger partial charge in [-0.05, 0) is 44.5 Å². The summed E-state index contributed by atoms with van der Waals surface area (Å²) in [5.74, 6) is 0.849. The Morgan fingerprint density at radius 1 is 1.26 bits per heavy atom. The lowest BCUT2D eigenvalue weighted by Crippen LogP contribution is -2.33. The Balaban J connectivity index is 2.25. The van der Waals surface area contributed by atoms with E-state index in [0.717, 1.165) is 30.9 Å². The number of hydrogen-bond acceptors (Lipinski definition) is 4. The third-order valence-corrected chi connectivity index (χ3v) is 2.98. The van der Waals surface area contributed by atoms with E-state index in [1.54, 1.807) is 0 Å². The van der Waals surface area contributed by atoms with Crippen LogP contribution in [0.5, 0.6) is 5.75 Å². The fraction of sp³-hybridized carbons (Fsp3) is 0.533. The quantitative estimate of drug-likeness (QED) is 0.577. The minimum absolute atomic E-state index is 0.463. The molecule has 1 rings (SSSR count). The molecule has 104 valence electrons. The van der Waals surface area contributed by atoms with E-state index in [-0.39, 0.29) is 0 Å². The van der Waals surface area contributed by atoms with Gasteiger partial charge in [0.1, 0.15) is 5.75 Å². The first-order valence-electron chi connectivity index (χ1n) is 6.73. The molecule has 2 N–H and O–H groups in total. The van der Waals surface area contributed by atoms with Gasteiger partial charge in [0.2, 0.25) is 0 Å². The highest BCUT2D eigenvalue weighted by Gasteiger charge is 2.08. The standard InChI is InChI=1S/C15H23N3O/c1-13(2)18(10-3-9-16)11-4-12-19-15-7-5-14(17)6-8-15/h5-8,13H,3-4,10-12,17H2,1-2H3. The first-order valence-corrected chi connectivity index (χ1v) is 6.73. The van der Waals surface area contributed by atoms with Crippen molar-refractivity contribution in [3.63, 3.8) is 0 Å². The summed E-state index contributed by atoms with van der Waals surface area (Å²) >= 11 is 0. The molecule has 4 heteroatoms. The molecular formula is C15H23N3O. The second-order valence-corrected chi connectivity index (χ2v) is 4.81. The molecule has 0 unspecified atom stereocenters. The molecule has 0 heterocycles. The van der Waals surface area contributed by atoms with Crippen LogP contribution < -0.4 is 10.5 Å². The summed E-state index contributed by atoms with van der Waals surface area (Å²) in [5.41, 5.74) is 6.36. The van der Waals surface area contributed by atoms with Gasteiger partial charge in [-0.15, -0.1) is 0 Å². The Morgan fingerprint density at radius 2 is 1.95 bits per heavy atom. The van der Waals surface area contributed by atoms with Crippen LogP contribution in [0.3, 0.4) is 0 Å². The van der Waals surface area contributed by atoms with Crippen molar-refractivity contribution in [3.05, 3.63) is 24.3 Å². The van der Waals surface area contributed by atoms with E-state index in [0.29, 0.717) is 19.1 Å². The zero-order chi connectivity index (χ0) is 14.1. The number of rotatable bonds is 8. The molecule has 0 saturated carbocycles. The molecule has 4 nitrogen and oxygen atoms in total. The summed E-state index contributed by atoms with van der Waals surface area (Å²) in [7, 11) is 0. The largest absolute Gasteiger partial charge is 0.494 e. The number of ether oxygens (including phenoxy) is 1. The lowest BCUT2D eigenvalue weighted by molar-refractivity contribution is 0.201. The Bertz CT molecular complexity index is 395. The molecule has 0 saturated heterocycles. The predicted octanol–water partition coefficient (Wildman–Crippen LogP) is 2.66. The van der Waals surface area contributed by atoms with Crippen molar-refractivity contribution in [2.24, 2.45) is 0 Å². The number of benzene rings is 1. The summed E-state index contributed by atoms with van der Waals surface area (Å²) in [6.45, 7) is 6.76. The summed E-state index contributed by atoms with van der Waals surface area (Å²) in [5, 5.41) is 8.63. The van der Waals surface area contributed by atoms with Crippen LogP contribution in [0.4, 0.5) is 5.69 Å². The van der Waals surface area contributed by atoms with Gasteiger partial charge < -0.3 is 10.5 Å². The molecule has 1 aromatic carbocycles. The van der Waals surface area contributed by atoms with Crippen molar-refractivity contribution in [1.82, 2.24) is 4.90 Å². The fourth-order valence-corrected chi connectivity index (χ4v) is 1.84. The number of nitrogen functional groups attached to an aromatic ring is 1. The maximum absolute atomic E-state index is 8.63. The van der Waals surface area contributed by atoms with Gasteiger partial charge in [-0.1, -0.05) is 0 Å². The smallest absolute Gasteiger partial charge is 0.119 e. The molecule has 0 spiro atoms. The molecule has 0 radical (unpaired) electrons. The molecule has 0 aliphatic heterocycles. The van der Waals surface area contributed by atoms with Crippen molar-refractivity contribution in [1.29, 1.82) is 5.26 Å². The van der Waals surface area contributed by atoms with Crippen molar-refractivity contribution >= 4 is 5.69 Å². The molecule has 0 atom stereocenters. The van der Waals surface area contributed by atoms with E-state index in [9.17, 15) is 0 Å². The first kappa shape index (κ1) is 15.3. The fourth-order valence-electron chi connectivity index (χ4n) is 1.84. The monoisotopic (exact) mass is 261 g/mol. The molecule has 1 aromatic rings. The number of nitrogens with two attached hydrogens (primary N) is 1. The Hall–Kier alpha value is -1.73. The number of hydrogen-bond donors (Lipinski definition) is 1. The van der Waals surface area contributed by atoms with E-state index in [4.69, 9.17) is 15.7 Å². The van der Waals surface area contributed by atoms with Gasteiger partial charge >= 0.3 is 0 Å². The van der Waals surface area contributed by atoms with Crippen molar-refractivity contribution < 1.29 is 4.74 Å². The number of anilines is 1. The van der Waals surface area contributed by atoms with Crippen LogP contribution in [-0.2, 0) is 0 Å². The van der Waals surface area contributed by atoms with Gasteiger partial charge in [0, 0.05) is 31.2 Å². The molecule has 0 fully saturated rings. The minimum Gasteiger partial charge on any atom is -0.494 e.